The maximum atomic E-state index is 5.63. The van der Waals surface area contributed by atoms with E-state index in [1.165, 1.54) is 0 Å². The summed E-state index contributed by atoms with van der Waals surface area (Å²) < 4.78 is 7.61. The first-order valence-corrected chi connectivity index (χ1v) is 5.77. The molecule has 0 spiro atoms. The molecule has 0 bridgehead atoms. The summed E-state index contributed by atoms with van der Waals surface area (Å²) in [5, 5.41) is 8.19. The van der Waals surface area contributed by atoms with Crippen molar-refractivity contribution in [3.63, 3.8) is 0 Å². The maximum Gasteiger partial charge on any atom is 0.159 e. The van der Waals surface area contributed by atoms with Gasteiger partial charge in [-0.15, -0.1) is 10.2 Å². The molecule has 0 aliphatic heterocycles. The molecular formula is C11H22N4O. The monoisotopic (exact) mass is 226 g/mol. The van der Waals surface area contributed by atoms with Crippen molar-refractivity contribution in [3.8, 4) is 0 Å². The fourth-order valence-electron chi connectivity index (χ4n) is 1.45. The maximum absolute atomic E-state index is 5.63. The number of aromatic nitrogens is 3. The lowest BCUT2D eigenvalue weighted by Crippen LogP contribution is -2.16. The second-order valence-corrected chi connectivity index (χ2v) is 4.60. The van der Waals surface area contributed by atoms with Crippen molar-refractivity contribution in [1.82, 2.24) is 14.8 Å². The first kappa shape index (κ1) is 13.1. The van der Waals surface area contributed by atoms with Gasteiger partial charge in [-0.3, -0.25) is 0 Å². The molecule has 1 rings (SSSR count). The van der Waals surface area contributed by atoms with Crippen LogP contribution in [0.4, 0.5) is 0 Å². The second kappa shape index (κ2) is 5.96. The number of nitrogens with two attached hydrogens (primary N) is 1. The Morgan fingerprint density at radius 2 is 1.81 bits per heavy atom. The molecule has 0 unspecified atom stereocenters. The number of hydrogen-bond donors (Lipinski definition) is 1. The van der Waals surface area contributed by atoms with E-state index in [4.69, 9.17) is 10.5 Å². The van der Waals surface area contributed by atoms with Gasteiger partial charge < -0.3 is 15.0 Å². The third-order valence-electron chi connectivity index (χ3n) is 2.18. The Kier molecular flexibility index (Phi) is 4.89. The highest BCUT2D eigenvalue weighted by atomic mass is 16.5. The molecule has 92 valence electrons. The second-order valence-electron chi connectivity index (χ2n) is 4.60. The summed E-state index contributed by atoms with van der Waals surface area (Å²) in [6.07, 6.45) is 0.200. The van der Waals surface area contributed by atoms with Gasteiger partial charge in [0, 0.05) is 6.54 Å². The van der Waals surface area contributed by atoms with E-state index in [2.05, 4.69) is 28.6 Å². The molecule has 0 saturated carbocycles. The highest BCUT2D eigenvalue weighted by molar-refractivity contribution is 4.94. The highest BCUT2D eigenvalue weighted by Gasteiger charge is 2.12. The average Bonchev–Trinajstić information content (AvgIpc) is 2.56. The minimum Gasteiger partial charge on any atom is -0.371 e. The van der Waals surface area contributed by atoms with Crippen molar-refractivity contribution in [3.05, 3.63) is 11.6 Å². The lowest BCUT2D eigenvalue weighted by atomic mass is 10.2. The van der Waals surface area contributed by atoms with Crippen LogP contribution in [0.25, 0.3) is 0 Å². The topological polar surface area (TPSA) is 66.0 Å². The van der Waals surface area contributed by atoms with Crippen molar-refractivity contribution >= 4 is 0 Å². The molecule has 5 heteroatoms. The fourth-order valence-corrected chi connectivity index (χ4v) is 1.45. The minimum atomic E-state index is 0.200. The summed E-state index contributed by atoms with van der Waals surface area (Å²) >= 11 is 0. The van der Waals surface area contributed by atoms with E-state index in [0.717, 1.165) is 18.2 Å². The Balaban J connectivity index is 2.78. The van der Waals surface area contributed by atoms with Crippen molar-refractivity contribution in [1.29, 1.82) is 0 Å². The zero-order valence-corrected chi connectivity index (χ0v) is 10.6. The van der Waals surface area contributed by atoms with Gasteiger partial charge in [0.2, 0.25) is 0 Å². The van der Waals surface area contributed by atoms with Crippen molar-refractivity contribution in [2.75, 3.05) is 0 Å². The van der Waals surface area contributed by atoms with E-state index < -0.39 is 0 Å². The van der Waals surface area contributed by atoms with E-state index in [9.17, 15) is 0 Å². The Bertz CT molecular complexity index is 320. The van der Waals surface area contributed by atoms with Crippen LogP contribution < -0.4 is 5.73 Å². The molecule has 2 N–H and O–H groups in total. The average molecular weight is 226 g/mol. The fraction of sp³-hybridized carbons (Fsp3) is 0.818. The molecule has 1 aromatic rings. The molecule has 0 aliphatic rings. The third-order valence-corrected chi connectivity index (χ3v) is 2.18. The summed E-state index contributed by atoms with van der Waals surface area (Å²) in [7, 11) is 0. The molecule has 1 heterocycles. The summed E-state index contributed by atoms with van der Waals surface area (Å²) in [5.74, 6) is 2.23. The van der Waals surface area contributed by atoms with Crippen LogP contribution >= 0.6 is 0 Å². The van der Waals surface area contributed by atoms with Crippen LogP contribution in [0, 0.1) is 5.92 Å². The van der Waals surface area contributed by atoms with Gasteiger partial charge in [0.25, 0.3) is 0 Å². The Morgan fingerprint density at radius 1 is 1.19 bits per heavy atom. The van der Waals surface area contributed by atoms with Crippen LogP contribution in [-0.2, 0) is 24.4 Å². The molecule has 0 saturated heterocycles. The van der Waals surface area contributed by atoms with E-state index >= 15 is 0 Å². The third kappa shape index (κ3) is 3.57. The molecule has 16 heavy (non-hydrogen) atoms. The predicted molar refractivity (Wildman–Crippen MR) is 62.7 cm³/mol. The molecule has 0 fully saturated rings. The van der Waals surface area contributed by atoms with Crippen molar-refractivity contribution < 1.29 is 4.74 Å². The molecule has 0 amide bonds. The molecule has 0 aliphatic carbocycles. The molecule has 5 nitrogen and oxygen atoms in total. The van der Waals surface area contributed by atoms with E-state index in [1.54, 1.807) is 0 Å². The standard InChI is InChI=1S/C11H22N4O/c1-8(2)6-15-10(5-12)13-14-11(15)7-16-9(3)4/h8-9H,5-7,12H2,1-4H3. The molecule has 0 radical (unpaired) electrons. The lowest BCUT2D eigenvalue weighted by Gasteiger charge is -2.13. The quantitative estimate of drug-likeness (QED) is 0.794. The molecule has 0 aromatic carbocycles. The van der Waals surface area contributed by atoms with E-state index in [0.29, 0.717) is 19.1 Å². The van der Waals surface area contributed by atoms with Crippen LogP contribution in [0.1, 0.15) is 39.3 Å². The Morgan fingerprint density at radius 3 is 2.31 bits per heavy atom. The summed E-state index contributed by atoms with van der Waals surface area (Å²) in [5.41, 5.74) is 5.63. The van der Waals surface area contributed by atoms with E-state index in [1.807, 2.05) is 13.8 Å². The normalized spacial score (nSPS) is 11.7. The summed E-state index contributed by atoms with van der Waals surface area (Å²) in [6, 6.07) is 0. The molecule has 1 aromatic heterocycles. The van der Waals surface area contributed by atoms with Gasteiger partial charge in [-0.1, -0.05) is 13.8 Å². The number of nitrogens with zero attached hydrogens (tertiary/aromatic N) is 3. The van der Waals surface area contributed by atoms with Crippen LogP contribution in [0.15, 0.2) is 0 Å². The van der Waals surface area contributed by atoms with Gasteiger partial charge in [-0.25, -0.2) is 0 Å². The summed E-state index contributed by atoms with van der Waals surface area (Å²) in [6.45, 7) is 10.1. The van der Waals surface area contributed by atoms with Crippen LogP contribution in [0.3, 0.4) is 0 Å². The van der Waals surface area contributed by atoms with E-state index in [-0.39, 0.29) is 6.10 Å². The van der Waals surface area contributed by atoms with Gasteiger partial charge in [0.05, 0.1) is 12.6 Å². The first-order valence-electron chi connectivity index (χ1n) is 5.77. The lowest BCUT2D eigenvalue weighted by molar-refractivity contribution is 0.0588. The van der Waals surface area contributed by atoms with Crippen LogP contribution in [0.5, 0.6) is 0 Å². The first-order chi connectivity index (χ1) is 7.54. The zero-order valence-electron chi connectivity index (χ0n) is 10.6. The number of ether oxygens (including phenoxy) is 1. The zero-order chi connectivity index (χ0) is 12.1. The number of rotatable bonds is 6. The number of hydrogen-bond acceptors (Lipinski definition) is 4. The van der Waals surface area contributed by atoms with Gasteiger partial charge >= 0.3 is 0 Å². The predicted octanol–water partition coefficient (Wildman–Crippen LogP) is 1.32. The highest BCUT2D eigenvalue weighted by Crippen LogP contribution is 2.08. The Labute approximate surface area is 97.0 Å². The van der Waals surface area contributed by atoms with Gasteiger partial charge in [-0.2, -0.15) is 0 Å². The SMILES string of the molecule is CC(C)Cn1c(CN)nnc1COC(C)C. The minimum absolute atomic E-state index is 0.200. The van der Waals surface area contributed by atoms with Crippen LogP contribution in [0.2, 0.25) is 0 Å². The van der Waals surface area contributed by atoms with Gasteiger partial charge in [0.1, 0.15) is 12.4 Å². The van der Waals surface area contributed by atoms with Crippen LogP contribution in [-0.4, -0.2) is 20.9 Å². The molecule has 0 atom stereocenters. The van der Waals surface area contributed by atoms with Crippen molar-refractivity contribution in [2.24, 2.45) is 11.7 Å². The molecular weight excluding hydrogens is 204 g/mol. The van der Waals surface area contributed by atoms with Gasteiger partial charge in [-0.05, 0) is 19.8 Å². The smallest absolute Gasteiger partial charge is 0.159 e. The largest absolute Gasteiger partial charge is 0.371 e. The Hall–Kier alpha value is -0.940. The van der Waals surface area contributed by atoms with Gasteiger partial charge in [0.15, 0.2) is 5.82 Å². The summed E-state index contributed by atoms with van der Waals surface area (Å²) in [4.78, 5) is 0. The van der Waals surface area contributed by atoms with Crippen molar-refractivity contribution in [2.45, 2.75) is 53.5 Å².